The van der Waals surface area contributed by atoms with Crippen molar-refractivity contribution in [3.8, 4) is 17.2 Å². The van der Waals surface area contributed by atoms with E-state index in [2.05, 4.69) is 16.8 Å². The molecule has 2 saturated heterocycles. The lowest BCUT2D eigenvalue weighted by Crippen LogP contribution is -2.44. The molecular formula is C32H35N3O4S. The molecule has 8 heteroatoms. The molecular weight excluding hydrogens is 522 g/mol. The number of imide groups is 1. The summed E-state index contributed by atoms with van der Waals surface area (Å²) in [5, 5.41) is -0.312. The smallest absolute Gasteiger partial charge is 0.298 e. The first-order valence-corrected chi connectivity index (χ1v) is 14.5. The molecule has 2 heterocycles. The molecule has 40 heavy (non-hydrogen) atoms. The number of benzene rings is 3. The van der Waals surface area contributed by atoms with Crippen molar-refractivity contribution in [1.29, 1.82) is 0 Å². The SMILES string of the molecule is Cc1ccc(Oc2ccc(C=C3SC(=O)N(c4ccc(OCCCCN5CCN(C)CC5)cc4)C3=O)cc2)cc1. The van der Waals surface area contributed by atoms with Crippen molar-refractivity contribution < 1.29 is 19.1 Å². The van der Waals surface area contributed by atoms with Crippen LogP contribution >= 0.6 is 11.8 Å². The molecule has 2 amide bonds. The van der Waals surface area contributed by atoms with E-state index in [1.807, 2.05) is 67.6 Å². The van der Waals surface area contributed by atoms with Gasteiger partial charge in [-0.3, -0.25) is 9.59 Å². The number of aryl methyl sites for hydroxylation is 1. The van der Waals surface area contributed by atoms with Crippen LogP contribution in [0.25, 0.3) is 6.08 Å². The molecule has 2 aliphatic heterocycles. The summed E-state index contributed by atoms with van der Waals surface area (Å²) in [6.45, 7) is 8.33. The highest BCUT2D eigenvalue weighted by atomic mass is 32.2. The van der Waals surface area contributed by atoms with Crippen LogP contribution in [0, 0.1) is 6.92 Å². The number of nitrogens with zero attached hydrogens (tertiary/aromatic N) is 3. The van der Waals surface area contributed by atoms with Crippen LogP contribution in [0.2, 0.25) is 0 Å². The summed E-state index contributed by atoms with van der Waals surface area (Å²) in [4.78, 5) is 32.3. The summed E-state index contributed by atoms with van der Waals surface area (Å²) < 4.78 is 11.8. The van der Waals surface area contributed by atoms with Gasteiger partial charge < -0.3 is 19.3 Å². The van der Waals surface area contributed by atoms with Crippen LogP contribution in [0.4, 0.5) is 10.5 Å². The molecule has 208 valence electrons. The van der Waals surface area contributed by atoms with Crippen LogP contribution in [-0.4, -0.2) is 67.3 Å². The van der Waals surface area contributed by atoms with E-state index in [-0.39, 0.29) is 11.1 Å². The number of amides is 2. The fourth-order valence-corrected chi connectivity index (χ4v) is 5.45. The van der Waals surface area contributed by atoms with E-state index < -0.39 is 0 Å². The Labute approximate surface area is 240 Å². The van der Waals surface area contributed by atoms with Crippen LogP contribution in [-0.2, 0) is 4.79 Å². The number of thioether (sulfide) groups is 1. The fourth-order valence-electron chi connectivity index (χ4n) is 4.61. The van der Waals surface area contributed by atoms with Crippen LogP contribution in [0.15, 0.2) is 77.7 Å². The third-order valence-electron chi connectivity index (χ3n) is 7.06. The zero-order valence-electron chi connectivity index (χ0n) is 23.0. The Morgan fingerprint density at radius 3 is 2.10 bits per heavy atom. The highest BCUT2D eigenvalue weighted by Crippen LogP contribution is 2.36. The first-order valence-electron chi connectivity index (χ1n) is 13.7. The molecule has 0 bridgehead atoms. The Kier molecular flexibility index (Phi) is 9.21. The van der Waals surface area contributed by atoms with Gasteiger partial charge in [0.15, 0.2) is 0 Å². The maximum atomic E-state index is 13.1. The second kappa shape index (κ2) is 13.2. The number of carbonyl (C=O) groups is 2. The van der Waals surface area contributed by atoms with E-state index in [1.165, 1.54) is 10.5 Å². The van der Waals surface area contributed by atoms with Gasteiger partial charge in [0.25, 0.3) is 11.1 Å². The number of rotatable bonds is 10. The van der Waals surface area contributed by atoms with Crippen molar-refractivity contribution in [2.75, 3.05) is 51.3 Å². The lowest BCUT2D eigenvalue weighted by molar-refractivity contribution is -0.113. The topological polar surface area (TPSA) is 62.3 Å². The number of likely N-dealkylation sites (N-methyl/N-ethyl adjacent to an activating group) is 1. The van der Waals surface area contributed by atoms with Gasteiger partial charge in [0.05, 0.1) is 17.2 Å². The first kappa shape index (κ1) is 28.0. The molecule has 7 nitrogen and oxygen atoms in total. The molecule has 2 aliphatic rings. The van der Waals surface area contributed by atoms with Crippen LogP contribution in [0.3, 0.4) is 0 Å². The minimum absolute atomic E-state index is 0.312. The third-order valence-corrected chi connectivity index (χ3v) is 7.93. The van der Waals surface area contributed by atoms with Gasteiger partial charge in [0.2, 0.25) is 0 Å². The molecule has 0 aromatic heterocycles. The Morgan fingerprint density at radius 2 is 1.43 bits per heavy atom. The monoisotopic (exact) mass is 557 g/mol. The molecule has 0 spiro atoms. The molecule has 2 fully saturated rings. The number of ether oxygens (including phenoxy) is 2. The predicted molar refractivity (Wildman–Crippen MR) is 161 cm³/mol. The quantitative estimate of drug-likeness (QED) is 0.210. The lowest BCUT2D eigenvalue weighted by atomic mass is 10.2. The molecule has 0 atom stereocenters. The second-order valence-electron chi connectivity index (χ2n) is 10.2. The average Bonchev–Trinajstić information content (AvgIpc) is 3.24. The number of hydrogen-bond acceptors (Lipinski definition) is 7. The van der Waals surface area contributed by atoms with E-state index in [4.69, 9.17) is 9.47 Å². The standard InChI is InChI=1S/C32H35N3O4S/c1-24-5-11-28(12-6-24)39-29-13-7-25(8-14-29)23-30-31(36)35(32(37)40-30)26-9-15-27(16-10-26)38-22-4-3-17-34-20-18-33(2)19-21-34/h5-16,23H,3-4,17-22H2,1-2H3. The van der Waals surface area contributed by atoms with E-state index in [1.54, 1.807) is 18.2 Å². The van der Waals surface area contributed by atoms with Gasteiger partial charge in [0, 0.05) is 26.2 Å². The number of anilines is 1. The van der Waals surface area contributed by atoms with Crippen LogP contribution in [0.1, 0.15) is 24.0 Å². The average molecular weight is 558 g/mol. The van der Waals surface area contributed by atoms with Gasteiger partial charge in [0.1, 0.15) is 17.2 Å². The summed E-state index contributed by atoms with van der Waals surface area (Å²) in [6.07, 6.45) is 3.83. The molecule has 0 aliphatic carbocycles. The van der Waals surface area contributed by atoms with Crippen molar-refractivity contribution in [2.24, 2.45) is 0 Å². The minimum atomic E-state index is -0.326. The van der Waals surface area contributed by atoms with Crippen LogP contribution in [0.5, 0.6) is 17.2 Å². The highest BCUT2D eigenvalue weighted by molar-refractivity contribution is 8.19. The zero-order chi connectivity index (χ0) is 27.9. The van der Waals surface area contributed by atoms with Gasteiger partial charge in [-0.2, -0.15) is 0 Å². The molecule has 0 radical (unpaired) electrons. The van der Waals surface area contributed by atoms with Crippen molar-refractivity contribution in [1.82, 2.24) is 9.80 Å². The largest absolute Gasteiger partial charge is 0.494 e. The highest BCUT2D eigenvalue weighted by Gasteiger charge is 2.36. The number of piperazine rings is 1. The molecule has 3 aromatic rings. The fraction of sp³-hybridized carbons (Fsp3) is 0.312. The predicted octanol–water partition coefficient (Wildman–Crippen LogP) is 6.43. The summed E-state index contributed by atoms with van der Waals surface area (Å²) in [5.41, 5.74) is 2.52. The van der Waals surface area contributed by atoms with Gasteiger partial charge in [-0.1, -0.05) is 29.8 Å². The summed E-state index contributed by atoms with van der Waals surface area (Å²) >= 11 is 0.944. The van der Waals surface area contributed by atoms with Gasteiger partial charge in [-0.25, -0.2) is 4.90 Å². The Hall–Kier alpha value is -3.59. The molecule has 5 rings (SSSR count). The molecule has 0 saturated carbocycles. The van der Waals surface area contributed by atoms with E-state index in [0.29, 0.717) is 22.9 Å². The van der Waals surface area contributed by atoms with Gasteiger partial charge in [-0.15, -0.1) is 0 Å². The zero-order valence-corrected chi connectivity index (χ0v) is 23.9. The number of carbonyl (C=O) groups excluding carboxylic acids is 2. The Balaban J connectivity index is 1.11. The summed E-state index contributed by atoms with van der Waals surface area (Å²) in [5.74, 6) is 1.87. The summed E-state index contributed by atoms with van der Waals surface area (Å²) in [6, 6.07) is 22.4. The minimum Gasteiger partial charge on any atom is -0.494 e. The van der Waals surface area contributed by atoms with E-state index in [0.717, 1.165) is 74.4 Å². The van der Waals surface area contributed by atoms with Crippen molar-refractivity contribution in [3.05, 3.63) is 88.8 Å². The van der Waals surface area contributed by atoms with Crippen molar-refractivity contribution >= 4 is 34.7 Å². The lowest BCUT2D eigenvalue weighted by Gasteiger charge is -2.32. The number of hydrogen-bond donors (Lipinski definition) is 0. The normalized spacial score (nSPS) is 17.6. The van der Waals surface area contributed by atoms with Gasteiger partial charge in [-0.05, 0) is 105 Å². The maximum Gasteiger partial charge on any atom is 0.298 e. The van der Waals surface area contributed by atoms with E-state index in [9.17, 15) is 9.59 Å². The number of unbranched alkanes of at least 4 members (excludes halogenated alkanes) is 1. The van der Waals surface area contributed by atoms with E-state index >= 15 is 0 Å². The van der Waals surface area contributed by atoms with Crippen LogP contribution < -0.4 is 14.4 Å². The first-order chi connectivity index (χ1) is 19.4. The van der Waals surface area contributed by atoms with Crippen molar-refractivity contribution in [3.63, 3.8) is 0 Å². The van der Waals surface area contributed by atoms with Crippen molar-refractivity contribution in [2.45, 2.75) is 19.8 Å². The summed E-state index contributed by atoms with van der Waals surface area (Å²) in [7, 11) is 2.17. The molecule has 0 N–H and O–H groups in total. The molecule has 0 unspecified atom stereocenters. The second-order valence-corrected chi connectivity index (χ2v) is 11.2. The Morgan fingerprint density at radius 1 is 0.800 bits per heavy atom. The third kappa shape index (κ3) is 7.33. The molecule has 3 aromatic carbocycles. The Bertz CT molecular complexity index is 1330. The maximum absolute atomic E-state index is 13.1. The van der Waals surface area contributed by atoms with Gasteiger partial charge >= 0.3 is 0 Å².